The Morgan fingerprint density at radius 3 is 2.76 bits per heavy atom. The molecule has 1 amide bonds. The van der Waals surface area contributed by atoms with Crippen molar-refractivity contribution in [3.63, 3.8) is 0 Å². The van der Waals surface area contributed by atoms with Gasteiger partial charge >= 0.3 is 0 Å². The lowest BCUT2D eigenvalue weighted by molar-refractivity contribution is 0.0542. The van der Waals surface area contributed by atoms with Crippen LogP contribution in [0.1, 0.15) is 28.9 Å². The number of carbonyl (C=O) groups excluding carboxylic acids is 1. The zero-order valence-corrected chi connectivity index (χ0v) is 12.8. The first-order chi connectivity index (χ1) is 10.1. The lowest BCUT2D eigenvalue weighted by Gasteiger charge is -2.28. The van der Waals surface area contributed by atoms with E-state index in [1.807, 2.05) is 36.6 Å². The number of aliphatic hydroxyl groups excluding tert-OH is 1. The van der Waals surface area contributed by atoms with Crippen LogP contribution < -0.4 is 0 Å². The Hall–Kier alpha value is -1.72. The summed E-state index contributed by atoms with van der Waals surface area (Å²) in [6.45, 7) is 3.26. The number of piperidine rings is 1. The summed E-state index contributed by atoms with van der Waals surface area (Å²) < 4.78 is 0. The van der Waals surface area contributed by atoms with Crippen LogP contribution in [0.3, 0.4) is 0 Å². The summed E-state index contributed by atoms with van der Waals surface area (Å²) in [5, 5.41) is 12.2. The van der Waals surface area contributed by atoms with Gasteiger partial charge in [0, 0.05) is 24.0 Å². The summed E-state index contributed by atoms with van der Waals surface area (Å²) in [6.07, 6.45) is 1.04. The molecular weight excluding hydrogens is 284 g/mol. The molecule has 1 aromatic heterocycles. The predicted octanol–water partition coefficient (Wildman–Crippen LogP) is 2.72. The van der Waals surface area contributed by atoms with Gasteiger partial charge in [-0.25, -0.2) is 4.98 Å². The second kappa shape index (κ2) is 5.95. The van der Waals surface area contributed by atoms with E-state index < -0.39 is 0 Å². The van der Waals surface area contributed by atoms with Gasteiger partial charge in [-0.15, -0.1) is 11.3 Å². The van der Waals surface area contributed by atoms with Crippen molar-refractivity contribution in [3.8, 4) is 10.6 Å². The van der Waals surface area contributed by atoms with Gasteiger partial charge in [0.05, 0.1) is 6.10 Å². The lowest BCUT2D eigenvalue weighted by Crippen LogP contribution is -2.40. The molecule has 0 atom stereocenters. The number of aromatic nitrogens is 1. The molecule has 1 fully saturated rings. The van der Waals surface area contributed by atoms with E-state index in [1.165, 1.54) is 11.3 Å². The lowest BCUT2D eigenvalue weighted by atomic mass is 10.1. The summed E-state index contributed by atoms with van der Waals surface area (Å²) in [5.74, 6) is -0.0296. The van der Waals surface area contributed by atoms with Crippen molar-refractivity contribution in [2.75, 3.05) is 13.1 Å². The molecule has 0 aliphatic carbocycles. The second-order valence-corrected chi connectivity index (χ2v) is 6.23. The molecule has 5 heteroatoms. The molecule has 3 rings (SSSR count). The standard InChI is InChI=1S/C16H18N2O2S/c1-11-4-2-3-5-13(11)15-17-14(10-21-15)16(20)18-8-6-12(19)7-9-18/h2-5,10,12,19H,6-9H2,1H3. The van der Waals surface area contributed by atoms with Gasteiger partial charge < -0.3 is 10.0 Å². The molecule has 0 spiro atoms. The third-order valence-electron chi connectivity index (χ3n) is 3.85. The molecule has 0 bridgehead atoms. The van der Waals surface area contributed by atoms with Crippen LogP contribution in [0.15, 0.2) is 29.6 Å². The molecule has 1 saturated heterocycles. The molecule has 1 aliphatic heterocycles. The van der Waals surface area contributed by atoms with Crippen molar-refractivity contribution >= 4 is 17.2 Å². The SMILES string of the molecule is Cc1ccccc1-c1nc(C(=O)N2CCC(O)CC2)cs1. The molecule has 4 nitrogen and oxygen atoms in total. The summed E-state index contributed by atoms with van der Waals surface area (Å²) in [6, 6.07) is 8.05. The topological polar surface area (TPSA) is 53.4 Å². The molecule has 1 aliphatic rings. The van der Waals surface area contributed by atoms with Crippen molar-refractivity contribution < 1.29 is 9.90 Å². The average Bonchev–Trinajstić information content (AvgIpc) is 2.97. The van der Waals surface area contributed by atoms with Gasteiger partial charge in [-0.05, 0) is 25.3 Å². The van der Waals surface area contributed by atoms with E-state index in [2.05, 4.69) is 4.98 Å². The molecule has 1 aromatic carbocycles. The number of amides is 1. The van der Waals surface area contributed by atoms with Crippen molar-refractivity contribution in [1.82, 2.24) is 9.88 Å². The Balaban J connectivity index is 1.79. The number of rotatable bonds is 2. The number of aliphatic hydroxyl groups is 1. The quantitative estimate of drug-likeness (QED) is 0.928. The highest BCUT2D eigenvalue weighted by Gasteiger charge is 2.24. The van der Waals surface area contributed by atoms with Gasteiger partial charge in [0.15, 0.2) is 0 Å². The molecule has 21 heavy (non-hydrogen) atoms. The molecule has 110 valence electrons. The number of hydrogen-bond acceptors (Lipinski definition) is 4. The van der Waals surface area contributed by atoms with Gasteiger partial charge in [-0.1, -0.05) is 24.3 Å². The van der Waals surface area contributed by atoms with Crippen LogP contribution in [0.2, 0.25) is 0 Å². The van der Waals surface area contributed by atoms with E-state index in [-0.39, 0.29) is 12.0 Å². The third kappa shape index (κ3) is 2.99. The Bertz CT molecular complexity index is 645. The number of thiazole rings is 1. The molecule has 2 heterocycles. The van der Waals surface area contributed by atoms with E-state index in [9.17, 15) is 9.90 Å². The highest BCUT2D eigenvalue weighted by atomic mass is 32.1. The number of aryl methyl sites for hydroxylation is 1. The smallest absolute Gasteiger partial charge is 0.273 e. The van der Waals surface area contributed by atoms with Crippen LogP contribution in [-0.4, -0.2) is 40.1 Å². The molecule has 0 saturated carbocycles. The Labute approximate surface area is 128 Å². The van der Waals surface area contributed by atoms with Crippen LogP contribution in [0.4, 0.5) is 0 Å². The van der Waals surface area contributed by atoms with Crippen LogP contribution in [0.25, 0.3) is 10.6 Å². The minimum absolute atomic E-state index is 0.0296. The number of hydrogen-bond donors (Lipinski definition) is 1. The molecule has 0 unspecified atom stereocenters. The maximum atomic E-state index is 12.4. The molecule has 1 N–H and O–H groups in total. The second-order valence-electron chi connectivity index (χ2n) is 5.38. The van der Waals surface area contributed by atoms with Crippen LogP contribution in [-0.2, 0) is 0 Å². The Kier molecular flexibility index (Phi) is 4.03. The summed E-state index contributed by atoms with van der Waals surface area (Å²) in [5.41, 5.74) is 2.75. The van der Waals surface area contributed by atoms with Gasteiger partial charge in [0.2, 0.25) is 0 Å². The minimum Gasteiger partial charge on any atom is -0.393 e. The van der Waals surface area contributed by atoms with Crippen molar-refractivity contribution in [2.24, 2.45) is 0 Å². The van der Waals surface area contributed by atoms with E-state index in [0.29, 0.717) is 31.6 Å². The van der Waals surface area contributed by atoms with Crippen LogP contribution >= 0.6 is 11.3 Å². The zero-order chi connectivity index (χ0) is 14.8. The zero-order valence-electron chi connectivity index (χ0n) is 12.0. The first kappa shape index (κ1) is 14.2. The van der Waals surface area contributed by atoms with Gasteiger partial charge in [-0.3, -0.25) is 4.79 Å². The largest absolute Gasteiger partial charge is 0.393 e. The summed E-state index contributed by atoms with van der Waals surface area (Å²) >= 11 is 1.50. The number of benzene rings is 1. The highest BCUT2D eigenvalue weighted by molar-refractivity contribution is 7.13. The van der Waals surface area contributed by atoms with E-state index >= 15 is 0 Å². The first-order valence-electron chi connectivity index (χ1n) is 7.14. The maximum absolute atomic E-state index is 12.4. The number of likely N-dealkylation sites (tertiary alicyclic amines) is 1. The minimum atomic E-state index is -0.271. The molecule has 2 aromatic rings. The van der Waals surface area contributed by atoms with Crippen LogP contribution in [0, 0.1) is 6.92 Å². The number of carbonyl (C=O) groups is 1. The van der Waals surface area contributed by atoms with Gasteiger partial charge in [0.25, 0.3) is 5.91 Å². The predicted molar refractivity (Wildman–Crippen MR) is 83.4 cm³/mol. The Morgan fingerprint density at radius 1 is 1.33 bits per heavy atom. The summed E-state index contributed by atoms with van der Waals surface area (Å²) in [4.78, 5) is 18.7. The number of nitrogens with zero attached hydrogens (tertiary/aromatic N) is 2. The van der Waals surface area contributed by atoms with Crippen LogP contribution in [0.5, 0.6) is 0 Å². The normalized spacial score (nSPS) is 16.2. The van der Waals surface area contributed by atoms with Crippen molar-refractivity contribution in [2.45, 2.75) is 25.9 Å². The average molecular weight is 302 g/mol. The van der Waals surface area contributed by atoms with E-state index in [1.54, 1.807) is 4.90 Å². The van der Waals surface area contributed by atoms with Gasteiger partial charge in [-0.2, -0.15) is 0 Å². The van der Waals surface area contributed by atoms with E-state index in [4.69, 9.17) is 0 Å². The summed E-state index contributed by atoms with van der Waals surface area (Å²) in [7, 11) is 0. The van der Waals surface area contributed by atoms with Crippen molar-refractivity contribution in [3.05, 3.63) is 40.9 Å². The highest BCUT2D eigenvalue weighted by Crippen LogP contribution is 2.27. The third-order valence-corrected chi connectivity index (χ3v) is 4.73. The fraction of sp³-hybridized carbons (Fsp3) is 0.375. The van der Waals surface area contributed by atoms with Crippen molar-refractivity contribution in [1.29, 1.82) is 0 Å². The fourth-order valence-corrected chi connectivity index (χ4v) is 3.42. The Morgan fingerprint density at radius 2 is 2.05 bits per heavy atom. The first-order valence-corrected chi connectivity index (χ1v) is 8.02. The van der Waals surface area contributed by atoms with Gasteiger partial charge in [0.1, 0.15) is 10.7 Å². The maximum Gasteiger partial charge on any atom is 0.273 e. The van der Waals surface area contributed by atoms with E-state index in [0.717, 1.165) is 16.1 Å². The fourth-order valence-electron chi connectivity index (χ4n) is 2.54. The molecular formula is C16H18N2O2S. The molecule has 0 radical (unpaired) electrons. The monoisotopic (exact) mass is 302 g/mol.